The molecule has 5 aromatic heterocycles. The van der Waals surface area contributed by atoms with Crippen LogP contribution >= 0.6 is 27.3 Å². The number of benzene rings is 2. The number of aromatic nitrogens is 6. The highest BCUT2D eigenvalue weighted by Crippen LogP contribution is 2.41. The maximum atomic E-state index is 12.9. The van der Waals surface area contributed by atoms with Crippen LogP contribution in [0.25, 0.3) is 45.1 Å². The Morgan fingerprint density at radius 1 is 0.687 bits per heavy atom. The first-order chi connectivity index (χ1) is 32.3. The first-order valence-electron chi connectivity index (χ1n) is 23.1. The molecule has 13 nitrogen and oxygen atoms in total. The minimum Gasteiger partial charge on any atom is -0.460 e. The summed E-state index contributed by atoms with van der Waals surface area (Å²) in [5, 5.41) is 5.35. The molecule has 0 radical (unpaired) electrons. The Balaban J connectivity index is 0.000000182. The number of hydrogen-bond acceptors (Lipinski definition) is 10. The van der Waals surface area contributed by atoms with E-state index < -0.39 is 5.60 Å². The Labute approximate surface area is 403 Å². The highest BCUT2D eigenvalue weighted by Gasteiger charge is 2.32. The molecule has 67 heavy (non-hydrogen) atoms. The number of carbonyl (C=O) groups is 4. The molecular weight excluding hydrogens is 929 g/mol. The molecule has 2 aromatic carbocycles. The minimum atomic E-state index is -0.472. The van der Waals surface area contributed by atoms with Gasteiger partial charge >= 0.3 is 5.97 Å². The maximum Gasteiger partial charge on any atom is 0.306 e. The summed E-state index contributed by atoms with van der Waals surface area (Å²) < 4.78 is 11.1. The molecule has 9 rings (SSSR count). The van der Waals surface area contributed by atoms with Crippen LogP contribution in [0.15, 0.2) is 101 Å². The van der Waals surface area contributed by atoms with Gasteiger partial charge in [0, 0.05) is 62.5 Å². The lowest BCUT2D eigenvalue weighted by Crippen LogP contribution is -2.27. The smallest absolute Gasteiger partial charge is 0.306 e. The average Bonchev–Trinajstić information content (AvgIpc) is 4.06. The minimum absolute atomic E-state index is 0.132. The number of esters is 1. The molecule has 0 bridgehead atoms. The van der Waals surface area contributed by atoms with Crippen molar-refractivity contribution in [1.29, 1.82) is 0 Å². The van der Waals surface area contributed by atoms with Crippen molar-refractivity contribution in [3.8, 4) is 23.0 Å². The molecule has 2 fully saturated rings. The van der Waals surface area contributed by atoms with E-state index >= 15 is 0 Å². The molecule has 0 spiro atoms. The predicted molar refractivity (Wildman–Crippen MR) is 266 cm³/mol. The number of Topliss-reactive ketones (excluding diaryl/α,β-unsaturated/α-hetero) is 1. The molecule has 7 aromatic rings. The number of carbonyl (C=O) groups excluding carboxylic acids is 4. The van der Waals surface area contributed by atoms with Crippen LogP contribution in [0.2, 0.25) is 0 Å². The van der Waals surface area contributed by atoms with Gasteiger partial charge in [0.1, 0.15) is 17.0 Å². The Hall–Kier alpha value is -6.06. The zero-order chi connectivity index (χ0) is 47.2. The van der Waals surface area contributed by atoms with Crippen LogP contribution in [0, 0.1) is 11.8 Å². The molecule has 2 aliphatic carbocycles. The summed E-state index contributed by atoms with van der Waals surface area (Å²) in [4.78, 5) is 69.4. The fourth-order valence-corrected chi connectivity index (χ4v) is 11.0. The number of fused-ring (bicyclic) bond motifs is 2. The van der Waals surface area contributed by atoms with Crippen LogP contribution in [-0.2, 0) is 9.53 Å². The Bertz CT molecular complexity index is 2890. The fraction of sp³-hybridized carbons (Fsp3) is 0.385. The van der Waals surface area contributed by atoms with Crippen molar-refractivity contribution in [3.05, 3.63) is 117 Å². The monoisotopic (exact) mass is 984 g/mol. The van der Waals surface area contributed by atoms with Crippen LogP contribution < -0.4 is 10.6 Å². The van der Waals surface area contributed by atoms with E-state index in [0.29, 0.717) is 29.9 Å². The molecular formula is C52H57BrN8O5S. The van der Waals surface area contributed by atoms with Crippen molar-refractivity contribution in [2.75, 3.05) is 14.1 Å². The molecule has 348 valence electrons. The molecule has 2 amide bonds. The lowest BCUT2D eigenvalue weighted by atomic mass is 9.82. The van der Waals surface area contributed by atoms with Gasteiger partial charge in [-0.3, -0.25) is 29.1 Å². The average molecular weight is 986 g/mol. The number of amides is 2. The van der Waals surface area contributed by atoms with Gasteiger partial charge in [0.15, 0.2) is 17.4 Å². The van der Waals surface area contributed by atoms with Crippen molar-refractivity contribution < 1.29 is 23.9 Å². The number of pyridine rings is 2. The zero-order valence-electron chi connectivity index (χ0n) is 38.6. The summed E-state index contributed by atoms with van der Waals surface area (Å²) in [7, 11) is 3.25. The van der Waals surface area contributed by atoms with Gasteiger partial charge in [-0.15, -0.1) is 11.3 Å². The van der Waals surface area contributed by atoms with E-state index in [0.717, 1.165) is 105 Å². The second-order valence-corrected chi connectivity index (χ2v) is 21.0. The van der Waals surface area contributed by atoms with Gasteiger partial charge in [-0.25, -0.2) is 9.97 Å². The van der Waals surface area contributed by atoms with Crippen molar-refractivity contribution >= 4 is 72.9 Å². The maximum absolute atomic E-state index is 12.9. The third-order valence-electron chi connectivity index (χ3n) is 12.6. The number of ether oxygens (including phenoxy) is 1. The third kappa shape index (κ3) is 11.2. The summed E-state index contributed by atoms with van der Waals surface area (Å²) in [6, 6.07) is 27.2. The van der Waals surface area contributed by atoms with Crippen LogP contribution in [-0.4, -0.2) is 72.3 Å². The Morgan fingerprint density at radius 3 is 1.63 bits per heavy atom. The number of nitrogens with one attached hydrogen (secondary N) is 2. The van der Waals surface area contributed by atoms with Gasteiger partial charge in [0.05, 0.1) is 30.7 Å². The molecule has 4 atom stereocenters. The first-order valence-corrected chi connectivity index (χ1v) is 24.7. The molecule has 2 N–H and O–H groups in total. The Kier molecular flexibility index (Phi) is 14.8. The van der Waals surface area contributed by atoms with Gasteiger partial charge in [-0.1, -0.05) is 25.0 Å². The summed E-state index contributed by atoms with van der Waals surface area (Å²) in [6.07, 6.45) is 12.5. The number of thiophene rings is 1. The second kappa shape index (κ2) is 20.8. The largest absolute Gasteiger partial charge is 0.460 e. The lowest BCUT2D eigenvalue weighted by molar-refractivity contribution is -0.156. The number of nitrogens with zero attached hydrogens (tertiary/aromatic N) is 6. The lowest BCUT2D eigenvalue weighted by Gasteiger charge is -2.31. The number of imidazole rings is 2. The second-order valence-electron chi connectivity index (χ2n) is 18.5. The molecule has 5 heterocycles. The van der Waals surface area contributed by atoms with E-state index in [1.807, 2.05) is 106 Å². The molecule has 0 unspecified atom stereocenters. The van der Waals surface area contributed by atoms with E-state index in [2.05, 4.69) is 45.7 Å². The number of rotatable bonds is 11. The van der Waals surface area contributed by atoms with Gasteiger partial charge < -0.3 is 24.5 Å². The molecule has 2 aliphatic rings. The zero-order valence-corrected chi connectivity index (χ0v) is 41.0. The van der Waals surface area contributed by atoms with Crippen molar-refractivity contribution in [2.24, 2.45) is 11.8 Å². The van der Waals surface area contributed by atoms with Gasteiger partial charge in [-0.05, 0) is 160 Å². The SMILES string of the molecule is CNC(=O)c1ccc2c(c1)nc(-c1ccccn1)n2[C@H]1CCC[C@@H](CC(=O)OC(C)(C)C)C1.CNC(=O)c1ccc2c(c1)nc(-c1ccccn1)n2[C@H]1CCC[C@@H](CC(=O)c2ccc(Br)s2)C1. The predicted octanol–water partition coefficient (Wildman–Crippen LogP) is 11.2. The van der Waals surface area contributed by atoms with Crippen molar-refractivity contribution in [2.45, 2.75) is 103 Å². The quantitative estimate of drug-likeness (QED) is 0.0948. The highest BCUT2D eigenvalue weighted by molar-refractivity contribution is 9.11. The molecule has 2 saturated carbocycles. The first kappa shape index (κ1) is 47.4. The standard InChI is InChI=1S/C26H25BrN4O2S.C26H32N4O3/c1-28-26(33)17-8-9-21-20(15-17)30-25(19-7-2-3-12-29-19)31(21)18-6-4-5-16(13-18)14-22(32)23-10-11-24(27)34-23;1-26(2,3)33-23(31)15-17-8-7-9-19(14-17)30-22-12-11-18(25(32)27-4)16-21(22)29-24(30)20-10-5-6-13-28-20/h2-3,7-12,15-16,18H,4-6,13-14H2,1H3,(H,28,33);5-6,10-13,16-17,19H,7-9,14-15H2,1-4H3,(H,27,32)/t16-,18+;17-,19+/m11/s1. The summed E-state index contributed by atoms with van der Waals surface area (Å²) in [5.74, 6) is 2.00. The van der Waals surface area contributed by atoms with Crippen LogP contribution in [0.3, 0.4) is 0 Å². The number of ketones is 1. The highest BCUT2D eigenvalue weighted by atomic mass is 79.9. The normalized spacial score (nSPS) is 18.5. The number of halogens is 1. The molecule has 0 aliphatic heterocycles. The van der Waals surface area contributed by atoms with E-state index in [1.54, 1.807) is 26.5 Å². The summed E-state index contributed by atoms with van der Waals surface area (Å²) >= 11 is 4.96. The summed E-state index contributed by atoms with van der Waals surface area (Å²) in [6.45, 7) is 5.70. The van der Waals surface area contributed by atoms with E-state index in [4.69, 9.17) is 14.7 Å². The van der Waals surface area contributed by atoms with Gasteiger partial charge in [-0.2, -0.15) is 0 Å². The van der Waals surface area contributed by atoms with E-state index in [1.165, 1.54) is 11.3 Å². The fourth-order valence-electron chi connectivity index (χ4n) is 9.67. The molecule has 15 heteroatoms. The van der Waals surface area contributed by atoms with Gasteiger partial charge in [0.2, 0.25) is 0 Å². The topological polar surface area (TPSA) is 163 Å². The summed E-state index contributed by atoms with van der Waals surface area (Å²) in [5.41, 5.74) is 5.81. The Morgan fingerprint density at radius 2 is 1.19 bits per heavy atom. The number of hydrogen-bond donors (Lipinski definition) is 2. The van der Waals surface area contributed by atoms with E-state index in [-0.39, 0.29) is 41.6 Å². The molecule has 0 saturated heterocycles. The third-order valence-corrected chi connectivity index (χ3v) is 14.2. The van der Waals surface area contributed by atoms with E-state index in [9.17, 15) is 19.2 Å². The van der Waals surface area contributed by atoms with Crippen molar-refractivity contribution in [1.82, 2.24) is 39.7 Å². The van der Waals surface area contributed by atoms with Crippen LogP contribution in [0.4, 0.5) is 0 Å². The van der Waals surface area contributed by atoms with Gasteiger partial charge in [0.25, 0.3) is 11.8 Å². The van der Waals surface area contributed by atoms with Crippen molar-refractivity contribution in [3.63, 3.8) is 0 Å². The van der Waals surface area contributed by atoms with Crippen LogP contribution in [0.1, 0.15) is 127 Å². The van der Waals surface area contributed by atoms with Crippen LogP contribution in [0.5, 0.6) is 0 Å².